The number of aliphatic carboxylic acids is 1. The molecule has 3 N–H and O–H groups in total. The third-order valence-electron chi connectivity index (χ3n) is 5.70. The van der Waals surface area contributed by atoms with E-state index in [2.05, 4.69) is 20.3 Å². The van der Waals surface area contributed by atoms with Crippen molar-refractivity contribution in [3.8, 4) is 22.5 Å². The molecule has 0 bridgehead atoms. The molecule has 0 amide bonds. The number of nitrogens with zero attached hydrogens (tertiary/aromatic N) is 3. The molecule has 1 aliphatic rings. The topological polar surface area (TPSA) is 94.1 Å². The van der Waals surface area contributed by atoms with Crippen molar-refractivity contribution in [1.29, 1.82) is 0 Å². The van der Waals surface area contributed by atoms with Crippen LogP contribution in [-0.2, 0) is 4.79 Å². The van der Waals surface area contributed by atoms with Crippen LogP contribution in [-0.4, -0.2) is 51.7 Å². The zero-order chi connectivity index (χ0) is 23.1. The van der Waals surface area contributed by atoms with E-state index in [-0.39, 0.29) is 10.6 Å². The van der Waals surface area contributed by atoms with Crippen molar-refractivity contribution < 1.29 is 18.7 Å². The van der Waals surface area contributed by atoms with Crippen molar-refractivity contribution in [2.75, 3.05) is 24.5 Å². The summed E-state index contributed by atoms with van der Waals surface area (Å²) in [6.45, 7) is 1.54. The number of hydrogen-bond acceptors (Lipinski definition) is 5. The summed E-state index contributed by atoms with van der Waals surface area (Å²) in [5.74, 6) is -2.48. The van der Waals surface area contributed by atoms with E-state index >= 15 is 0 Å². The Bertz CT molecular complexity index is 1380. The summed E-state index contributed by atoms with van der Waals surface area (Å²) in [7, 11) is 0. The van der Waals surface area contributed by atoms with Crippen LogP contribution in [0.1, 0.15) is 0 Å². The Morgan fingerprint density at radius 3 is 2.82 bits per heavy atom. The van der Waals surface area contributed by atoms with Crippen LogP contribution in [0, 0.1) is 11.6 Å². The number of anilines is 1. The van der Waals surface area contributed by atoms with E-state index in [1.54, 1.807) is 6.20 Å². The van der Waals surface area contributed by atoms with Gasteiger partial charge in [-0.3, -0.25) is 9.78 Å². The molecule has 0 aliphatic carbocycles. The smallest absolute Gasteiger partial charge is 0.322 e. The lowest BCUT2D eigenvalue weighted by Gasteiger charge is -2.33. The first kappa shape index (κ1) is 21.3. The van der Waals surface area contributed by atoms with Crippen molar-refractivity contribution in [3.05, 3.63) is 65.6 Å². The Morgan fingerprint density at radius 1 is 1.15 bits per heavy atom. The predicted molar refractivity (Wildman–Crippen MR) is 121 cm³/mol. The maximum atomic E-state index is 14.5. The molecule has 1 saturated heterocycles. The number of halogens is 3. The van der Waals surface area contributed by atoms with Crippen LogP contribution < -0.4 is 10.2 Å². The Kier molecular flexibility index (Phi) is 5.43. The number of piperazine rings is 1. The van der Waals surface area contributed by atoms with E-state index in [0.717, 1.165) is 22.7 Å². The number of aromatic nitrogens is 3. The normalized spacial score (nSPS) is 16.3. The molecule has 7 nitrogen and oxygen atoms in total. The highest BCUT2D eigenvalue weighted by atomic mass is 35.5. The number of nitrogens with one attached hydrogen (secondary N) is 2. The number of benzene rings is 2. The van der Waals surface area contributed by atoms with E-state index in [1.807, 2.05) is 29.2 Å². The van der Waals surface area contributed by atoms with Crippen LogP contribution in [0.15, 0.2) is 48.9 Å². The van der Waals surface area contributed by atoms with E-state index in [0.29, 0.717) is 36.6 Å². The summed E-state index contributed by atoms with van der Waals surface area (Å²) in [4.78, 5) is 25.1. The van der Waals surface area contributed by atoms with Crippen molar-refractivity contribution in [2.24, 2.45) is 0 Å². The minimum Gasteiger partial charge on any atom is -0.480 e. The predicted octanol–water partition coefficient (Wildman–Crippen LogP) is 4.09. The number of rotatable bonds is 4. The van der Waals surface area contributed by atoms with Gasteiger partial charge in [-0.2, -0.15) is 0 Å². The Balaban J connectivity index is 1.53. The lowest BCUT2D eigenvalue weighted by Crippen LogP contribution is -2.54. The lowest BCUT2D eigenvalue weighted by atomic mass is 10.0. The minimum absolute atomic E-state index is 0.112. The van der Waals surface area contributed by atoms with E-state index < -0.39 is 23.6 Å². The van der Waals surface area contributed by atoms with E-state index in [1.165, 1.54) is 12.4 Å². The number of hydrogen-bond donors (Lipinski definition) is 3. The third kappa shape index (κ3) is 4.01. The zero-order valence-electron chi connectivity index (χ0n) is 17.1. The first-order valence-electron chi connectivity index (χ1n) is 10.2. The lowest BCUT2D eigenvalue weighted by molar-refractivity contribution is -0.139. The van der Waals surface area contributed by atoms with Gasteiger partial charge in [0, 0.05) is 42.2 Å². The molecule has 168 valence electrons. The number of aromatic amines is 1. The molecule has 0 unspecified atom stereocenters. The van der Waals surface area contributed by atoms with E-state index in [9.17, 15) is 18.7 Å². The highest BCUT2D eigenvalue weighted by molar-refractivity contribution is 6.31. The molecule has 2 aromatic heterocycles. The molecular formula is C23H18ClF2N5O2. The van der Waals surface area contributed by atoms with Crippen LogP contribution in [0.4, 0.5) is 14.5 Å². The fraction of sp³-hybridized carbons (Fsp3) is 0.174. The molecule has 0 radical (unpaired) electrons. The minimum atomic E-state index is -0.894. The molecular weight excluding hydrogens is 452 g/mol. The maximum absolute atomic E-state index is 14.5. The van der Waals surface area contributed by atoms with E-state index in [4.69, 9.17) is 11.6 Å². The second-order valence-electron chi connectivity index (χ2n) is 7.76. The van der Waals surface area contributed by atoms with Gasteiger partial charge in [-0.1, -0.05) is 17.7 Å². The van der Waals surface area contributed by atoms with Crippen LogP contribution in [0.25, 0.3) is 33.4 Å². The summed E-state index contributed by atoms with van der Waals surface area (Å²) in [6.07, 6.45) is 3.16. The van der Waals surface area contributed by atoms with Gasteiger partial charge in [0.1, 0.15) is 17.7 Å². The van der Waals surface area contributed by atoms with Crippen LogP contribution in [0.5, 0.6) is 0 Å². The quantitative estimate of drug-likeness (QED) is 0.390. The second kappa shape index (κ2) is 8.42. The summed E-state index contributed by atoms with van der Waals surface area (Å²) in [6, 6.07) is 8.80. The zero-order valence-corrected chi connectivity index (χ0v) is 17.9. The molecule has 10 heteroatoms. The number of carboxylic acid groups (broad SMARTS) is 1. The monoisotopic (exact) mass is 469 g/mol. The number of H-pyrrole nitrogens is 1. The van der Waals surface area contributed by atoms with Crippen molar-refractivity contribution in [1.82, 2.24) is 20.3 Å². The third-order valence-corrected chi connectivity index (χ3v) is 5.99. The van der Waals surface area contributed by atoms with Gasteiger partial charge in [0.15, 0.2) is 0 Å². The number of carbonyl (C=O) groups is 1. The first-order chi connectivity index (χ1) is 15.9. The van der Waals surface area contributed by atoms with Crippen LogP contribution in [0.2, 0.25) is 5.02 Å². The largest absolute Gasteiger partial charge is 0.480 e. The van der Waals surface area contributed by atoms with Gasteiger partial charge in [-0.15, -0.1) is 0 Å². The number of imidazole rings is 1. The molecule has 3 heterocycles. The molecule has 0 saturated carbocycles. The summed E-state index contributed by atoms with van der Waals surface area (Å²) in [5.41, 5.74) is 3.25. The van der Waals surface area contributed by atoms with Crippen molar-refractivity contribution in [3.63, 3.8) is 0 Å². The van der Waals surface area contributed by atoms with Crippen molar-refractivity contribution in [2.45, 2.75) is 6.04 Å². The second-order valence-corrected chi connectivity index (χ2v) is 8.17. The summed E-state index contributed by atoms with van der Waals surface area (Å²) >= 11 is 5.87. The van der Waals surface area contributed by atoms with Crippen LogP contribution in [0.3, 0.4) is 0 Å². The van der Waals surface area contributed by atoms with Gasteiger partial charge < -0.3 is 20.3 Å². The van der Waals surface area contributed by atoms with Gasteiger partial charge in [0.05, 0.1) is 40.1 Å². The molecule has 1 atom stereocenters. The number of fused-ring (bicyclic) bond motifs is 1. The molecule has 5 rings (SSSR count). The Labute approximate surface area is 192 Å². The SMILES string of the molecule is O=C(O)[C@H]1CN(c2cnc3ccc(-c4nc[nH]c4-c4cc(Cl)c(F)cc4F)cc3c2)CCN1. The average molecular weight is 470 g/mol. The fourth-order valence-corrected chi connectivity index (χ4v) is 4.19. The van der Waals surface area contributed by atoms with Crippen molar-refractivity contribution >= 4 is 34.2 Å². The first-order valence-corrected chi connectivity index (χ1v) is 10.6. The molecule has 1 aliphatic heterocycles. The number of pyridine rings is 1. The maximum Gasteiger partial charge on any atom is 0.322 e. The fourth-order valence-electron chi connectivity index (χ4n) is 4.02. The highest BCUT2D eigenvalue weighted by Gasteiger charge is 2.25. The summed E-state index contributed by atoms with van der Waals surface area (Å²) < 4.78 is 28.1. The molecule has 2 aromatic carbocycles. The standard InChI is InChI=1S/C23H18ClF2N5O2/c24-16-7-15(17(25)8-18(16)26)22-21(29-11-30-22)12-1-2-19-13(5-12)6-14(9-28-19)31-4-3-27-20(10-31)23(32)33/h1-2,5-9,11,20,27H,3-4,10H2,(H,29,30)(H,32,33)/t20-/m1/s1. The summed E-state index contributed by atoms with van der Waals surface area (Å²) in [5, 5.41) is 12.9. The van der Waals surface area contributed by atoms with Gasteiger partial charge in [-0.25, -0.2) is 13.8 Å². The van der Waals surface area contributed by atoms with Crippen LogP contribution >= 0.6 is 11.6 Å². The Hall–Kier alpha value is -3.56. The average Bonchev–Trinajstić information content (AvgIpc) is 3.30. The van der Waals surface area contributed by atoms with Gasteiger partial charge in [-0.05, 0) is 24.3 Å². The van der Waals surface area contributed by atoms with Gasteiger partial charge >= 0.3 is 5.97 Å². The molecule has 0 spiro atoms. The number of carboxylic acids is 1. The van der Waals surface area contributed by atoms with Gasteiger partial charge in [0.25, 0.3) is 0 Å². The molecule has 33 heavy (non-hydrogen) atoms. The molecule has 4 aromatic rings. The Morgan fingerprint density at radius 2 is 2.00 bits per heavy atom. The van der Waals surface area contributed by atoms with Gasteiger partial charge in [0.2, 0.25) is 0 Å². The highest BCUT2D eigenvalue weighted by Crippen LogP contribution is 2.34. The molecule has 1 fully saturated rings.